The van der Waals surface area contributed by atoms with Gasteiger partial charge in [0.1, 0.15) is 5.84 Å². The van der Waals surface area contributed by atoms with Crippen LogP contribution in [0.4, 0.5) is 18.9 Å². The van der Waals surface area contributed by atoms with Crippen LogP contribution in [0.2, 0.25) is 0 Å². The SMILES string of the molecule is O=C(NC1CCNCC1)c1ccc(NC2N=C3C=CC=C(c4cccc(C(F)(F)F)c4)N3N2)cc1. The van der Waals surface area contributed by atoms with E-state index in [2.05, 4.69) is 26.4 Å². The lowest BCUT2D eigenvalue weighted by atomic mass is 10.1. The van der Waals surface area contributed by atoms with Gasteiger partial charge in [0.2, 0.25) is 0 Å². The average Bonchev–Trinajstić information content (AvgIpc) is 3.27. The number of anilines is 1. The molecule has 0 aromatic heterocycles. The fourth-order valence-corrected chi connectivity index (χ4v) is 4.27. The Morgan fingerprint density at radius 2 is 1.86 bits per heavy atom. The number of alkyl halides is 3. The van der Waals surface area contributed by atoms with Crippen LogP contribution in [0.3, 0.4) is 0 Å². The molecule has 1 atom stereocenters. The zero-order valence-electron chi connectivity index (χ0n) is 18.8. The van der Waals surface area contributed by atoms with Crippen LogP contribution >= 0.6 is 0 Å². The summed E-state index contributed by atoms with van der Waals surface area (Å²) in [6.07, 6.45) is 2.15. The Morgan fingerprint density at radius 3 is 2.60 bits per heavy atom. The molecule has 182 valence electrons. The van der Waals surface area contributed by atoms with E-state index >= 15 is 0 Å². The molecule has 2 aromatic rings. The first-order valence-corrected chi connectivity index (χ1v) is 11.5. The molecule has 5 rings (SSSR count). The Labute approximate surface area is 200 Å². The molecule has 0 radical (unpaired) electrons. The third-order valence-electron chi connectivity index (χ3n) is 6.09. The van der Waals surface area contributed by atoms with Crippen molar-refractivity contribution in [3.8, 4) is 0 Å². The highest BCUT2D eigenvalue weighted by atomic mass is 19.4. The first kappa shape index (κ1) is 23.1. The second-order valence-electron chi connectivity index (χ2n) is 8.56. The van der Waals surface area contributed by atoms with Crippen LogP contribution < -0.4 is 21.4 Å². The number of rotatable bonds is 5. The smallest absolute Gasteiger partial charge is 0.350 e. The van der Waals surface area contributed by atoms with Crippen molar-refractivity contribution in [1.29, 1.82) is 0 Å². The Balaban J connectivity index is 1.23. The van der Waals surface area contributed by atoms with Gasteiger partial charge in [-0.1, -0.05) is 18.2 Å². The number of hydrogen-bond acceptors (Lipinski definition) is 6. The molecule has 3 aliphatic heterocycles. The fraction of sp³-hybridized carbons (Fsp3) is 0.280. The molecule has 0 spiro atoms. The summed E-state index contributed by atoms with van der Waals surface area (Å²) in [5.74, 6) is 0.483. The van der Waals surface area contributed by atoms with E-state index in [4.69, 9.17) is 0 Å². The van der Waals surface area contributed by atoms with Gasteiger partial charge >= 0.3 is 6.18 Å². The first-order chi connectivity index (χ1) is 16.9. The second kappa shape index (κ2) is 9.55. The average molecular weight is 483 g/mol. The molecule has 35 heavy (non-hydrogen) atoms. The van der Waals surface area contributed by atoms with Gasteiger partial charge in [-0.05, 0) is 74.5 Å². The molecule has 2 aromatic carbocycles. The molecule has 7 nitrogen and oxygen atoms in total. The minimum Gasteiger partial charge on any atom is -0.350 e. The summed E-state index contributed by atoms with van der Waals surface area (Å²) in [4.78, 5) is 17.1. The van der Waals surface area contributed by atoms with Crippen LogP contribution in [-0.4, -0.2) is 42.2 Å². The quantitative estimate of drug-likeness (QED) is 0.523. The maximum Gasteiger partial charge on any atom is 0.416 e. The van der Waals surface area contributed by atoms with Crippen molar-refractivity contribution < 1.29 is 18.0 Å². The standard InChI is InChI=1S/C25H25F3N6O/c26-25(27,28)18-4-1-3-17(15-18)21-5-2-6-22-32-24(33-34(21)22)31-19-9-7-16(8-10-19)23(35)30-20-11-13-29-14-12-20/h1-10,15,20,24,29,31,33H,11-14H2,(H,30,35). The largest absolute Gasteiger partial charge is 0.416 e. The van der Waals surface area contributed by atoms with Crippen LogP contribution in [-0.2, 0) is 6.18 Å². The Hall–Kier alpha value is -3.63. The zero-order valence-corrected chi connectivity index (χ0v) is 18.8. The molecular weight excluding hydrogens is 457 g/mol. The summed E-state index contributed by atoms with van der Waals surface area (Å²) >= 11 is 0. The van der Waals surface area contributed by atoms with E-state index in [-0.39, 0.29) is 11.9 Å². The van der Waals surface area contributed by atoms with Crippen molar-refractivity contribution in [3.05, 3.63) is 83.4 Å². The number of aliphatic imine (C=N–C) groups is 1. The molecule has 1 fully saturated rings. The number of piperidine rings is 1. The number of benzene rings is 2. The van der Waals surface area contributed by atoms with Crippen LogP contribution in [0.1, 0.15) is 34.3 Å². The molecule has 3 heterocycles. The Bertz CT molecular complexity index is 1180. The highest BCUT2D eigenvalue weighted by molar-refractivity contribution is 6.02. The number of carbonyl (C=O) groups excluding carboxylic acids is 1. The molecule has 0 aliphatic carbocycles. The zero-order chi connectivity index (χ0) is 24.4. The summed E-state index contributed by atoms with van der Waals surface area (Å²) in [6, 6.07) is 12.5. The Morgan fingerprint density at radius 1 is 1.09 bits per heavy atom. The maximum atomic E-state index is 13.2. The van der Waals surface area contributed by atoms with Crippen LogP contribution in [0.15, 0.2) is 71.8 Å². The van der Waals surface area contributed by atoms with Gasteiger partial charge < -0.3 is 16.0 Å². The predicted octanol–water partition coefficient (Wildman–Crippen LogP) is 3.71. The van der Waals surface area contributed by atoms with Crippen molar-refractivity contribution in [1.82, 2.24) is 21.1 Å². The summed E-state index contributed by atoms with van der Waals surface area (Å²) < 4.78 is 39.5. The van der Waals surface area contributed by atoms with Crippen LogP contribution in [0, 0.1) is 0 Å². The number of halogens is 3. The first-order valence-electron chi connectivity index (χ1n) is 11.5. The normalized spacial score (nSPS) is 20.2. The second-order valence-corrected chi connectivity index (χ2v) is 8.56. The number of hydrazine groups is 1. The highest BCUT2D eigenvalue weighted by Gasteiger charge is 2.32. The summed E-state index contributed by atoms with van der Waals surface area (Å²) in [7, 11) is 0. The summed E-state index contributed by atoms with van der Waals surface area (Å²) in [5, 5.41) is 11.2. The van der Waals surface area contributed by atoms with Gasteiger partial charge in [0.05, 0.1) is 11.3 Å². The molecule has 3 aliphatic rings. The van der Waals surface area contributed by atoms with E-state index in [0.717, 1.165) is 43.8 Å². The van der Waals surface area contributed by atoms with Gasteiger partial charge in [0, 0.05) is 22.9 Å². The van der Waals surface area contributed by atoms with Gasteiger partial charge in [-0.15, -0.1) is 0 Å². The third kappa shape index (κ3) is 5.23. The van der Waals surface area contributed by atoms with E-state index in [1.165, 1.54) is 6.07 Å². The van der Waals surface area contributed by atoms with Crippen LogP contribution in [0.5, 0.6) is 0 Å². The molecule has 1 amide bonds. The van der Waals surface area contributed by atoms with Crippen molar-refractivity contribution in [3.63, 3.8) is 0 Å². The minimum atomic E-state index is -4.42. The lowest BCUT2D eigenvalue weighted by Crippen LogP contribution is -2.42. The van der Waals surface area contributed by atoms with Crippen molar-refractivity contribution >= 4 is 23.1 Å². The molecule has 0 saturated carbocycles. The molecule has 1 saturated heterocycles. The van der Waals surface area contributed by atoms with Gasteiger partial charge in [-0.25, -0.2) is 4.99 Å². The molecule has 0 bridgehead atoms. The van der Waals surface area contributed by atoms with E-state index in [1.54, 1.807) is 53.6 Å². The number of amides is 1. The van der Waals surface area contributed by atoms with Gasteiger partial charge in [0.15, 0.2) is 6.29 Å². The monoisotopic (exact) mass is 482 g/mol. The number of hydrogen-bond donors (Lipinski definition) is 4. The number of nitrogens with zero attached hydrogens (tertiary/aromatic N) is 2. The van der Waals surface area contributed by atoms with E-state index in [9.17, 15) is 18.0 Å². The lowest BCUT2D eigenvalue weighted by molar-refractivity contribution is -0.137. The highest BCUT2D eigenvalue weighted by Crippen LogP contribution is 2.33. The topological polar surface area (TPSA) is 80.8 Å². The molecule has 1 unspecified atom stereocenters. The van der Waals surface area contributed by atoms with E-state index in [1.807, 2.05) is 0 Å². The van der Waals surface area contributed by atoms with E-state index in [0.29, 0.717) is 22.7 Å². The Kier molecular flexibility index (Phi) is 6.31. The number of fused-ring (bicyclic) bond motifs is 1. The third-order valence-corrected chi connectivity index (χ3v) is 6.09. The van der Waals surface area contributed by atoms with Gasteiger partial charge in [-0.2, -0.15) is 18.6 Å². The van der Waals surface area contributed by atoms with Crippen molar-refractivity contribution in [2.75, 3.05) is 18.4 Å². The predicted molar refractivity (Wildman–Crippen MR) is 128 cm³/mol. The molecule has 4 N–H and O–H groups in total. The number of carbonyl (C=O) groups is 1. The maximum absolute atomic E-state index is 13.2. The molecule has 10 heteroatoms. The van der Waals surface area contributed by atoms with Gasteiger partial charge in [0.25, 0.3) is 5.91 Å². The number of nitrogens with one attached hydrogen (secondary N) is 4. The van der Waals surface area contributed by atoms with Crippen molar-refractivity contribution in [2.24, 2.45) is 4.99 Å². The minimum absolute atomic E-state index is 0.0965. The number of amidine groups is 1. The van der Waals surface area contributed by atoms with E-state index < -0.39 is 18.0 Å². The van der Waals surface area contributed by atoms with Gasteiger partial charge in [-0.3, -0.25) is 9.80 Å². The number of allylic oxidation sites excluding steroid dienone is 2. The fourth-order valence-electron chi connectivity index (χ4n) is 4.27. The van der Waals surface area contributed by atoms with Crippen LogP contribution in [0.25, 0.3) is 5.70 Å². The summed E-state index contributed by atoms with van der Waals surface area (Å²) in [6.45, 7) is 1.81. The summed E-state index contributed by atoms with van der Waals surface area (Å²) in [5.41, 5.74) is 4.78. The van der Waals surface area contributed by atoms with Crippen molar-refractivity contribution in [2.45, 2.75) is 31.3 Å². The lowest BCUT2D eigenvalue weighted by Gasteiger charge is -2.26. The molecular formula is C25H25F3N6O.